The molecule has 0 heterocycles. The van der Waals surface area contributed by atoms with Crippen LogP contribution in [0.25, 0.3) is 0 Å². The molecule has 0 radical (unpaired) electrons. The molecule has 4 heteroatoms. The Morgan fingerprint density at radius 1 is 1.47 bits per heavy atom. The number of likely N-dealkylation sites (N-methyl/N-ethyl adjacent to an activating group) is 1. The predicted octanol–water partition coefficient (Wildman–Crippen LogP) is 2.87. The van der Waals surface area contributed by atoms with Crippen LogP contribution in [0, 0.1) is 11.3 Å². The second-order valence-corrected chi connectivity index (χ2v) is 4.97. The zero-order valence-corrected chi connectivity index (χ0v) is 11.6. The Kier molecular flexibility index (Phi) is 5.33. The Bertz CT molecular complexity index is 422. The molecule has 17 heavy (non-hydrogen) atoms. The van der Waals surface area contributed by atoms with Gasteiger partial charge >= 0.3 is 0 Å². The highest BCUT2D eigenvalue weighted by Crippen LogP contribution is 2.11. The van der Waals surface area contributed by atoms with Crippen molar-refractivity contribution in [2.75, 3.05) is 13.6 Å². The minimum Gasteiger partial charge on any atom is -0.295 e. The zero-order valence-electron chi connectivity index (χ0n) is 9.98. The van der Waals surface area contributed by atoms with Crippen molar-refractivity contribution in [1.82, 2.24) is 4.90 Å². The van der Waals surface area contributed by atoms with Gasteiger partial charge in [0.05, 0.1) is 19.0 Å². The third-order valence-corrected chi connectivity index (χ3v) is 3.23. The SMILES string of the molecule is CC(CC#N)N(C)CC(=O)c1ccc(Br)cc1. The van der Waals surface area contributed by atoms with Crippen molar-refractivity contribution in [2.24, 2.45) is 0 Å². The third-order valence-electron chi connectivity index (χ3n) is 2.70. The number of benzene rings is 1. The number of hydrogen-bond acceptors (Lipinski definition) is 3. The number of halogens is 1. The number of rotatable bonds is 5. The zero-order chi connectivity index (χ0) is 12.8. The second-order valence-electron chi connectivity index (χ2n) is 4.06. The van der Waals surface area contributed by atoms with Gasteiger partial charge in [-0.05, 0) is 26.1 Å². The summed E-state index contributed by atoms with van der Waals surface area (Å²) in [5, 5.41) is 8.60. The van der Waals surface area contributed by atoms with Crippen LogP contribution in [0.1, 0.15) is 23.7 Å². The number of ketones is 1. The minimum absolute atomic E-state index is 0.0739. The molecular weight excluding hydrogens is 280 g/mol. The van der Waals surface area contributed by atoms with Crippen molar-refractivity contribution in [3.63, 3.8) is 0 Å². The summed E-state index contributed by atoms with van der Waals surface area (Å²) >= 11 is 3.33. The standard InChI is InChI=1S/C13H15BrN2O/c1-10(7-8-15)16(2)9-13(17)11-3-5-12(14)6-4-11/h3-6,10H,7,9H2,1-2H3. The Hall–Kier alpha value is -1.18. The average Bonchev–Trinajstić information content (AvgIpc) is 2.30. The van der Waals surface area contributed by atoms with E-state index in [0.717, 1.165) is 4.47 Å². The first-order valence-electron chi connectivity index (χ1n) is 5.40. The molecule has 0 aromatic heterocycles. The van der Waals surface area contributed by atoms with E-state index in [4.69, 9.17) is 5.26 Å². The van der Waals surface area contributed by atoms with Crippen LogP contribution in [0.3, 0.4) is 0 Å². The molecule has 0 aliphatic carbocycles. The molecule has 90 valence electrons. The molecule has 1 rings (SSSR count). The largest absolute Gasteiger partial charge is 0.295 e. The Morgan fingerprint density at radius 2 is 2.06 bits per heavy atom. The summed E-state index contributed by atoms with van der Waals surface area (Å²) in [5.41, 5.74) is 0.698. The van der Waals surface area contributed by atoms with Crippen molar-refractivity contribution < 1.29 is 4.79 Å². The van der Waals surface area contributed by atoms with Crippen LogP contribution in [-0.2, 0) is 0 Å². The first-order valence-corrected chi connectivity index (χ1v) is 6.20. The number of hydrogen-bond donors (Lipinski definition) is 0. The van der Waals surface area contributed by atoms with Crippen LogP contribution < -0.4 is 0 Å². The number of carbonyl (C=O) groups is 1. The molecule has 1 atom stereocenters. The van der Waals surface area contributed by atoms with Crippen LogP contribution in [0.2, 0.25) is 0 Å². The van der Waals surface area contributed by atoms with Crippen molar-refractivity contribution in [2.45, 2.75) is 19.4 Å². The summed E-state index contributed by atoms with van der Waals surface area (Å²) < 4.78 is 0.959. The lowest BCUT2D eigenvalue weighted by Gasteiger charge is -2.21. The molecule has 1 aromatic rings. The van der Waals surface area contributed by atoms with Gasteiger partial charge in [0, 0.05) is 16.1 Å². The molecular formula is C13H15BrN2O. The van der Waals surface area contributed by atoms with Gasteiger partial charge in [-0.2, -0.15) is 5.26 Å². The van der Waals surface area contributed by atoms with Crippen LogP contribution in [0.4, 0.5) is 0 Å². The van der Waals surface area contributed by atoms with Gasteiger partial charge in [-0.15, -0.1) is 0 Å². The summed E-state index contributed by atoms with van der Waals surface area (Å²) in [6.45, 7) is 2.28. The van der Waals surface area contributed by atoms with Gasteiger partial charge < -0.3 is 0 Å². The van der Waals surface area contributed by atoms with E-state index in [1.54, 1.807) is 12.1 Å². The van der Waals surface area contributed by atoms with E-state index in [-0.39, 0.29) is 11.8 Å². The van der Waals surface area contributed by atoms with E-state index >= 15 is 0 Å². The van der Waals surface area contributed by atoms with Gasteiger partial charge in [0.1, 0.15) is 0 Å². The molecule has 0 fully saturated rings. The lowest BCUT2D eigenvalue weighted by atomic mass is 10.1. The van der Waals surface area contributed by atoms with Crippen molar-refractivity contribution in [3.8, 4) is 6.07 Å². The second kappa shape index (κ2) is 6.53. The summed E-state index contributed by atoms with van der Waals surface area (Å²) in [4.78, 5) is 13.8. The molecule has 0 spiro atoms. The van der Waals surface area contributed by atoms with Crippen molar-refractivity contribution in [3.05, 3.63) is 34.3 Å². The first-order chi connectivity index (χ1) is 8.04. The maximum atomic E-state index is 11.9. The van der Waals surface area contributed by atoms with Crippen molar-refractivity contribution >= 4 is 21.7 Å². The first kappa shape index (κ1) is 13.9. The van der Waals surface area contributed by atoms with E-state index in [9.17, 15) is 4.79 Å². The molecule has 0 bridgehead atoms. The number of nitrogens with zero attached hydrogens (tertiary/aromatic N) is 2. The lowest BCUT2D eigenvalue weighted by molar-refractivity contribution is 0.0926. The molecule has 0 saturated carbocycles. The molecule has 1 unspecified atom stereocenters. The van der Waals surface area contributed by atoms with E-state index in [2.05, 4.69) is 22.0 Å². The molecule has 0 aliphatic rings. The number of carbonyl (C=O) groups excluding carboxylic acids is 1. The highest BCUT2D eigenvalue weighted by Gasteiger charge is 2.13. The highest BCUT2D eigenvalue weighted by molar-refractivity contribution is 9.10. The van der Waals surface area contributed by atoms with Gasteiger partial charge in [0.25, 0.3) is 0 Å². The fraction of sp³-hybridized carbons (Fsp3) is 0.385. The summed E-state index contributed by atoms with van der Waals surface area (Å²) in [6.07, 6.45) is 0.435. The molecule has 0 amide bonds. The van der Waals surface area contributed by atoms with Gasteiger partial charge in [0.15, 0.2) is 5.78 Å². The van der Waals surface area contributed by atoms with Crippen LogP contribution in [0.5, 0.6) is 0 Å². The quantitative estimate of drug-likeness (QED) is 0.785. The minimum atomic E-state index is 0.0739. The summed E-state index contributed by atoms with van der Waals surface area (Å²) in [5.74, 6) is 0.0739. The van der Waals surface area contributed by atoms with Gasteiger partial charge in [-0.3, -0.25) is 9.69 Å². The van der Waals surface area contributed by atoms with Gasteiger partial charge in [-0.1, -0.05) is 28.1 Å². The van der Waals surface area contributed by atoms with E-state index in [1.807, 2.05) is 31.0 Å². The van der Waals surface area contributed by atoms with Gasteiger partial charge in [-0.25, -0.2) is 0 Å². The maximum absolute atomic E-state index is 11.9. The summed E-state index contributed by atoms with van der Waals surface area (Å²) in [7, 11) is 1.86. The molecule has 0 N–H and O–H groups in total. The Balaban J connectivity index is 2.60. The fourth-order valence-electron chi connectivity index (χ4n) is 1.40. The maximum Gasteiger partial charge on any atom is 0.176 e. The molecule has 1 aromatic carbocycles. The lowest BCUT2D eigenvalue weighted by Crippen LogP contribution is -2.33. The van der Waals surface area contributed by atoms with E-state index in [1.165, 1.54) is 0 Å². The molecule has 0 saturated heterocycles. The van der Waals surface area contributed by atoms with Crippen molar-refractivity contribution in [1.29, 1.82) is 5.26 Å². The Morgan fingerprint density at radius 3 is 2.59 bits per heavy atom. The normalized spacial score (nSPS) is 12.2. The van der Waals surface area contributed by atoms with E-state index < -0.39 is 0 Å². The highest BCUT2D eigenvalue weighted by atomic mass is 79.9. The average molecular weight is 295 g/mol. The van der Waals surface area contributed by atoms with Crippen LogP contribution in [0.15, 0.2) is 28.7 Å². The molecule has 0 aliphatic heterocycles. The van der Waals surface area contributed by atoms with E-state index in [0.29, 0.717) is 18.5 Å². The monoisotopic (exact) mass is 294 g/mol. The fourth-order valence-corrected chi connectivity index (χ4v) is 1.66. The van der Waals surface area contributed by atoms with Crippen LogP contribution >= 0.6 is 15.9 Å². The number of Topliss-reactive ketones (excluding diaryl/α,β-unsaturated/α-hetero) is 1. The smallest absolute Gasteiger partial charge is 0.176 e. The van der Waals surface area contributed by atoms with Gasteiger partial charge in [0.2, 0.25) is 0 Å². The summed E-state index contributed by atoms with van der Waals surface area (Å²) in [6, 6.07) is 9.51. The predicted molar refractivity (Wildman–Crippen MR) is 70.8 cm³/mol. The number of nitriles is 1. The molecule has 3 nitrogen and oxygen atoms in total. The Labute approximate surface area is 110 Å². The van der Waals surface area contributed by atoms with Crippen LogP contribution in [-0.4, -0.2) is 30.3 Å². The topological polar surface area (TPSA) is 44.1 Å². The third kappa shape index (κ3) is 4.29.